The van der Waals surface area contributed by atoms with Gasteiger partial charge in [0.2, 0.25) is 5.91 Å². The van der Waals surface area contributed by atoms with Crippen LogP contribution in [0, 0.1) is 0 Å². The van der Waals surface area contributed by atoms with E-state index in [0.29, 0.717) is 35.5 Å². The van der Waals surface area contributed by atoms with Crippen molar-refractivity contribution < 1.29 is 14.3 Å². The Morgan fingerprint density at radius 2 is 2.13 bits per heavy atom. The number of nitrogens with zero attached hydrogens (tertiary/aromatic N) is 1. The number of carbonyl (C=O) groups is 1. The molecule has 1 amide bonds. The maximum atomic E-state index is 11.1. The third-order valence-corrected chi connectivity index (χ3v) is 3.40. The molecule has 0 aliphatic rings. The lowest BCUT2D eigenvalue weighted by Crippen LogP contribution is -2.12. The zero-order chi connectivity index (χ0) is 16.8. The molecule has 122 valence electrons. The number of hydrogen-bond donors (Lipinski definition) is 2. The summed E-state index contributed by atoms with van der Waals surface area (Å²) in [6.07, 6.45) is 1.38. The lowest BCUT2D eigenvalue weighted by molar-refractivity contribution is 0.1000. The van der Waals surface area contributed by atoms with Crippen molar-refractivity contribution in [3.63, 3.8) is 0 Å². The Bertz CT molecular complexity index is 707. The van der Waals surface area contributed by atoms with Crippen molar-refractivity contribution in [2.75, 3.05) is 19.0 Å². The average Bonchev–Trinajstić information content (AvgIpc) is 2.54. The highest BCUT2D eigenvalue weighted by atomic mass is 35.5. The molecular weight excluding hydrogens is 318 g/mol. The largest absolute Gasteiger partial charge is 0.493 e. The fraction of sp³-hybridized carbons (Fsp3) is 0.250. The third kappa shape index (κ3) is 4.26. The van der Waals surface area contributed by atoms with E-state index in [0.717, 1.165) is 5.56 Å². The summed E-state index contributed by atoms with van der Waals surface area (Å²) in [5.41, 5.74) is 6.43. The molecule has 1 aromatic carbocycles. The molecule has 0 radical (unpaired) electrons. The molecule has 1 aromatic heterocycles. The Kier molecular flexibility index (Phi) is 5.65. The van der Waals surface area contributed by atoms with E-state index in [2.05, 4.69) is 10.3 Å². The number of amides is 1. The van der Waals surface area contributed by atoms with Crippen LogP contribution in [0.1, 0.15) is 22.8 Å². The zero-order valence-electron chi connectivity index (χ0n) is 12.9. The number of benzene rings is 1. The molecule has 23 heavy (non-hydrogen) atoms. The molecule has 7 heteroatoms. The number of nitrogens with two attached hydrogens (primary N) is 1. The van der Waals surface area contributed by atoms with E-state index in [1.165, 1.54) is 12.3 Å². The maximum Gasteiger partial charge on any atom is 0.250 e. The van der Waals surface area contributed by atoms with Gasteiger partial charge in [0.25, 0.3) is 0 Å². The van der Waals surface area contributed by atoms with Crippen molar-refractivity contribution in [3.8, 4) is 11.5 Å². The number of anilines is 1. The number of rotatable bonds is 7. The Labute approximate surface area is 139 Å². The lowest BCUT2D eigenvalue weighted by atomic mass is 10.2. The number of aromatic nitrogens is 1. The number of primary amides is 1. The van der Waals surface area contributed by atoms with Crippen LogP contribution in [-0.4, -0.2) is 24.6 Å². The molecule has 0 aliphatic heterocycles. The van der Waals surface area contributed by atoms with Gasteiger partial charge in [-0.2, -0.15) is 0 Å². The third-order valence-electron chi connectivity index (χ3n) is 3.11. The van der Waals surface area contributed by atoms with Gasteiger partial charge in [-0.05, 0) is 30.7 Å². The summed E-state index contributed by atoms with van der Waals surface area (Å²) in [6, 6.07) is 7.14. The van der Waals surface area contributed by atoms with E-state index in [4.69, 9.17) is 26.8 Å². The maximum absolute atomic E-state index is 11.1. The van der Waals surface area contributed by atoms with Crippen LogP contribution < -0.4 is 20.5 Å². The van der Waals surface area contributed by atoms with Crippen LogP contribution in [0.2, 0.25) is 5.02 Å². The number of methoxy groups -OCH3 is 1. The van der Waals surface area contributed by atoms with Crippen molar-refractivity contribution in [1.29, 1.82) is 0 Å². The van der Waals surface area contributed by atoms with Crippen LogP contribution in [0.25, 0.3) is 0 Å². The second-order valence-corrected chi connectivity index (χ2v) is 5.10. The number of hydrogen-bond acceptors (Lipinski definition) is 5. The first-order chi connectivity index (χ1) is 11.0. The highest BCUT2D eigenvalue weighted by Crippen LogP contribution is 2.28. The minimum absolute atomic E-state index is 0.267. The molecule has 0 saturated heterocycles. The van der Waals surface area contributed by atoms with E-state index < -0.39 is 5.91 Å². The molecule has 0 atom stereocenters. The SMILES string of the molecule is CCOc1ccc(CNc2ncc(C(N)=O)cc2Cl)cc1OC. The smallest absolute Gasteiger partial charge is 0.250 e. The van der Waals surface area contributed by atoms with Crippen LogP contribution in [0.5, 0.6) is 11.5 Å². The summed E-state index contributed by atoms with van der Waals surface area (Å²) < 4.78 is 10.8. The molecule has 6 nitrogen and oxygen atoms in total. The molecule has 2 rings (SSSR count). The van der Waals surface area contributed by atoms with Crippen molar-refractivity contribution in [2.45, 2.75) is 13.5 Å². The van der Waals surface area contributed by atoms with E-state index in [1.807, 2.05) is 25.1 Å². The number of pyridine rings is 1. The highest BCUT2D eigenvalue weighted by Gasteiger charge is 2.09. The summed E-state index contributed by atoms with van der Waals surface area (Å²) in [7, 11) is 1.59. The number of halogens is 1. The summed E-state index contributed by atoms with van der Waals surface area (Å²) in [6.45, 7) is 2.98. The molecule has 0 spiro atoms. The Morgan fingerprint density at radius 3 is 2.74 bits per heavy atom. The van der Waals surface area contributed by atoms with Gasteiger partial charge in [-0.1, -0.05) is 17.7 Å². The zero-order valence-corrected chi connectivity index (χ0v) is 13.7. The average molecular weight is 336 g/mol. The fourth-order valence-corrected chi connectivity index (χ4v) is 2.22. The molecule has 0 saturated carbocycles. The van der Waals surface area contributed by atoms with Crippen LogP contribution >= 0.6 is 11.6 Å². The van der Waals surface area contributed by atoms with Crippen LogP contribution in [-0.2, 0) is 6.54 Å². The molecule has 3 N–H and O–H groups in total. The first-order valence-corrected chi connectivity index (χ1v) is 7.41. The van der Waals surface area contributed by atoms with Gasteiger partial charge >= 0.3 is 0 Å². The van der Waals surface area contributed by atoms with Crippen LogP contribution in [0.3, 0.4) is 0 Å². The van der Waals surface area contributed by atoms with E-state index >= 15 is 0 Å². The minimum Gasteiger partial charge on any atom is -0.493 e. The Morgan fingerprint density at radius 1 is 1.35 bits per heavy atom. The number of nitrogens with one attached hydrogen (secondary N) is 1. The van der Waals surface area contributed by atoms with Gasteiger partial charge < -0.3 is 20.5 Å². The van der Waals surface area contributed by atoms with Crippen molar-refractivity contribution in [1.82, 2.24) is 4.98 Å². The van der Waals surface area contributed by atoms with Gasteiger partial charge in [-0.25, -0.2) is 4.98 Å². The van der Waals surface area contributed by atoms with Crippen molar-refractivity contribution in [3.05, 3.63) is 46.6 Å². The molecule has 2 aromatic rings. The van der Waals surface area contributed by atoms with Crippen LogP contribution in [0.15, 0.2) is 30.5 Å². The Balaban J connectivity index is 2.10. The van der Waals surface area contributed by atoms with E-state index in [9.17, 15) is 4.79 Å². The highest BCUT2D eigenvalue weighted by molar-refractivity contribution is 6.33. The molecule has 0 fully saturated rings. The quantitative estimate of drug-likeness (QED) is 0.812. The minimum atomic E-state index is -0.567. The van der Waals surface area contributed by atoms with Crippen molar-refractivity contribution >= 4 is 23.3 Å². The second-order valence-electron chi connectivity index (χ2n) is 4.69. The molecule has 1 heterocycles. The summed E-state index contributed by atoms with van der Waals surface area (Å²) in [5.74, 6) is 1.27. The second kappa shape index (κ2) is 7.69. The number of ether oxygens (including phenoxy) is 2. The van der Waals surface area contributed by atoms with Gasteiger partial charge in [0, 0.05) is 12.7 Å². The lowest BCUT2D eigenvalue weighted by Gasteiger charge is -2.12. The topological polar surface area (TPSA) is 86.5 Å². The summed E-state index contributed by atoms with van der Waals surface area (Å²) in [5, 5.41) is 3.44. The predicted octanol–water partition coefficient (Wildman–Crippen LogP) is 2.85. The summed E-state index contributed by atoms with van der Waals surface area (Å²) in [4.78, 5) is 15.2. The van der Waals surface area contributed by atoms with Crippen molar-refractivity contribution in [2.24, 2.45) is 5.73 Å². The Hall–Kier alpha value is -2.47. The number of carbonyl (C=O) groups excluding carboxylic acids is 1. The fourth-order valence-electron chi connectivity index (χ4n) is 1.99. The summed E-state index contributed by atoms with van der Waals surface area (Å²) >= 11 is 6.09. The van der Waals surface area contributed by atoms with Crippen LogP contribution in [0.4, 0.5) is 5.82 Å². The van der Waals surface area contributed by atoms with Gasteiger partial charge in [-0.3, -0.25) is 4.79 Å². The molecule has 0 unspecified atom stereocenters. The van der Waals surface area contributed by atoms with Gasteiger partial charge in [0.05, 0.1) is 24.3 Å². The monoisotopic (exact) mass is 335 g/mol. The first-order valence-electron chi connectivity index (χ1n) is 7.04. The van der Waals surface area contributed by atoms with Gasteiger partial charge in [0.1, 0.15) is 5.82 Å². The first kappa shape index (κ1) is 16.9. The standard InChI is InChI=1S/C16H18ClN3O3/c1-3-23-13-5-4-10(6-14(13)22-2)8-19-16-12(17)7-11(9-20-16)15(18)21/h4-7,9H,3,8H2,1-2H3,(H2,18,21)(H,19,20). The van der Waals surface area contributed by atoms with Gasteiger partial charge in [0.15, 0.2) is 11.5 Å². The van der Waals surface area contributed by atoms with E-state index in [1.54, 1.807) is 7.11 Å². The van der Waals surface area contributed by atoms with Gasteiger partial charge in [-0.15, -0.1) is 0 Å². The molecule has 0 aliphatic carbocycles. The molecule has 0 bridgehead atoms. The molecular formula is C16H18ClN3O3. The van der Waals surface area contributed by atoms with E-state index in [-0.39, 0.29) is 5.56 Å². The normalized spacial score (nSPS) is 10.2. The predicted molar refractivity (Wildman–Crippen MR) is 89.3 cm³/mol.